The Morgan fingerprint density at radius 2 is 2.35 bits per heavy atom. The molecule has 0 saturated heterocycles. The average molecular weight is 297 g/mol. The molecule has 0 spiro atoms. The van der Waals surface area contributed by atoms with Gasteiger partial charge < -0.3 is 15.7 Å². The van der Waals surface area contributed by atoms with Crippen molar-refractivity contribution in [3.05, 3.63) is 34.3 Å². The highest BCUT2D eigenvalue weighted by atomic mass is 35.5. The number of halogens is 1. The zero-order chi connectivity index (χ0) is 14.5. The minimum Gasteiger partial charge on any atom is -0.396 e. The number of benzene rings is 1. The first-order chi connectivity index (χ1) is 9.61. The van der Waals surface area contributed by atoms with Gasteiger partial charge in [-0.1, -0.05) is 30.7 Å². The first kappa shape index (κ1) is 15.1. The standard InChI is InChI=1S/C15H21ClN2O2/c1-10(7-8-19)9-17-15(20)18-14-6-5-11-12(14)3-2-4-13(11)16/h2-4,10,14,19H,5-9H2,1H3,(H2,17,18,20). The van der Waals surface area contributed by atoms with Crippen LogP contribution < -0.4 is 10.6 Å². The number of amides is 2. The van der Waals surface area contributed by atoms with Crippen LogP contribution in [0, 0.1) is 5.92 Å². The predicted molar refractivity (Wildman–Crippen MR) is 79.9 cm³/mol. The Morgan fingerprint density at radius 1 is 1.55 bits per heavy atom. The van der Waals surface area contributed by atoms with Gasteiger partial charge in [-0.05, 0) is 42.4 Å². The summed E-state index contributed by atoms with van der Waals surface area (Å²) in [7, 11) is 0. The fraction of sp³-hybridized carbons (Fsp3) is 0.533. The lowest BCUT2D eigenvalue weighted by Gasteiger charge is -2.16. The van der Waals surface area contributed by atoms with Crippen LogP contribution in [0.25, 0.3) is 0 Å². The summed E-state index contributed by atoms with van der Waals surface area (Å²) in [4.78, 5) is 11.9. The zero-order valence-corrected chi connectivity index (χ0v) is 12.4. The van der Waals surface area contributed by atoms with Gasteiger partial charge in [0.25, 0.3) is 0 Å². The molecule has 3 N–H and O–H groups in total. The Bertz CT molecular complexity index is 479. The fourth-order valence-electron chi connectivity index (χ4n) is 2.56. The van der Waals surface area contributed by atoms with Crippen LogP contribution in [0.4, 0.5) is 4.79 Å². The van der Waals surface area contributed by atoms with Crippen molar-refractivity contribution in [2.24, 2.45) is 5.92 Å². The maximum absolute atomic E-state index is 11.9. The topological polar surface area (TPSA) is 61.4 Å². The Morgan fingerprint density at radius 3 is 3.10 bits per heavy atom. The van der Waals surface area contributed by atoms with Gasteiger partial charge in [0.2, 0.25) is 0 Å². The van der Waals surface area contributed by atoms with E-state index in [-0.39, 0.29) is 24.6 Å². The smallest absolute Gasteiger partial charge is 0.315 e. The summed E-state index contributed by atoms with van der Waals surface area (Å²) >= 11 is 6.16. The second kappa shape index (κ2) is 6.95. The molecule has 0 heterocycles. The highest BCUT2D eigenvalue weighted by Crippen LogP contribution is 2.35. The summed E-state index contributed by atoms with van der Waals surface area (Å²) in [5.41, 5.74) is 2.27. The van der Waals surface area contributed by atoms with Crippen molar-refractivity contribution in [3.63, 3.8) is 0 Å². The molecule has 4 nitrogen and oxygen atoms in total. The van der Waals surface area contributed by atoms with Crippen LogP contribution in [0.1, 0.15) is 36.9 Å². The molecule has 2 amide bonds. The highest BCUT2D eigenvalue weighted by Gasteiger charge is 2.25. The van der Waals surface area contributed by atoms with E-state index in [1.807, 2.05) is 25.1 Å². The molecule has 1 aromatic rings. The fourth-order valence-corrected chi connectivity index (χ4v) is 2.83. The van der Waals surface area contributed by atoms with E-state index < -0.39 is 0 Å². The number of rotatable bonds is 5. The molecule has 2 atom stereocenters. The number of carbonyl (C=O) groups is 1. The molecule has 1 aliphatic carbocycles. The second-order valence-electron chi connectivity index (χ2n) is 5.37. The van der Waals surface area contributed by atoms with Crippen molar-refractivity contribution in [3.8, 4) is 0 Å². The van der Waals surface area contributed by atoms with Gasteiger partial charge in [-0.15, -0.1) is 0 Å². The van der Waals surface area contributed by atoms with Gasteiger partial charge in [-0.2, -0.15) is 0 Å². The number of nitrogens with one attached hydrogen (secondary N) is 2. The summed E-state index contributed by atoms with van der Waals surface area (Å²) in [6.45, 7) is 2.72. The van der Waals surface area contributed by atoms with Crippen molar-refractivity contribution in [1.29, 1.82) is 0 Å². The van der Waals surface area contributed by atoms with E-state index in [2.05, 4.69) is 10.6 Å². The largest absolute Gasteiger partial charge is 0.396 e. The van der Waals surface area contributed by atoms with Gasteiger partial charge in [0.05, 0.1) is 6.04 Å². The SMILES string of the molecule is CC(CCO)CNC(=O)NC1CCc2c(Cl)cccc21. The van der Waals surface area contributed by atoms with E-state index in [4.69, 9.17) is 16.7 Å². The third-order valence-electron chi connectivity index (χ3n) is 3.75. The average Bonchev–Trinajstić information content (AvgIpc) is 2.82. The molecule has 110 valence electrons. The molecule has 0 aliphatic heterocycles. The van der Waals surface area contributed by atoms with E-state index in [0.29, 0.717) is 13.0 Å². The van der Waals surface area contributed by atoms with Crippen LogP contribution in [0.5, 0.6) is 0 Å². The molecule has 20 heavy (non-hydrogen) atoms. The first-order valence-electron chi connectivity index (χ1n) is 7.04. The maximum Gasteiger partial charge on any atom is 0.315 e. The Kier molecular flexibility index (Phi) is 5.26. The van der Waals surface area contributed by atoms with Crippen LogP contribution in [-0.4, -0.2) is 24.3 Å². The van der Waals surface area contributed by atoms with Crippen molar-refractivity contribution in [2.75, 3.05) is 13.2 Å². The Balaban J connectivity index is 1.87. The lowest BCUT2D eigenvalue weighted by molar-refractivity contribution is 0.230. The van der Waals surface area contributed by atoms with Gasteiger partial charge in [0, 0.05) is 18.2 Å². The van der Waals surface area contributed by atoms with Gasteiger partial charge in [-0.3, -0.25) is 0 Å². The third kappa shape index (κ3) is 3.64. The number of fused-ring (bicyclic) bond motifs is 1. The van der Waals surface area contributed by atoms with Crippen LogP contribution in [-0.2, 0) is 6.42 Å². The molecule has 5 heteroatoms. The number of aliphatic hydroxyl groups is 1. The first-order valence-corrected chi connectivity index (χ1v) is 7.42. The molecule has 0 bridgehead atoms. The Hall–Kier alpha value is -1.26. The molecule has 2 unspecified atom stereocenters. The van der Waals surface area contributed by atoms with E-state index in [1.54, 1.807) is 0 Å². The summed E-state index contributed by atoms with van der Waals surface area (Å²) in [6, 6.07) is 5.71. The van der Waals surface area contributed by atoms with E-state index >= 15 is 0 Å². The number of carbonyl (C=O) groups excluding carboxylic acids is 1. The number of urea groups is 1. The number of hydrogen-bond acceptors (Lipinski definition) is 2. The van der Waals surface area contributed by atoms with Crippen molar-refractivity contribution >= 4 is 17.6 Å². The molecule has 0 radical (unpaired) electrons. The second-order valence-corrected chi connectivity index (χ2v) is 5.78. The molecular formula is C15H21ClN2O2. The molecule has 0 fully saturated rings. The zero-order valence-electron chi connectivity index (χ0n) is 11.7. The van der Waals surface area contributed by atoms with Crippen LogP contribution in [0.3, 0.4) is 0 Å². The van der Waals surface area contributed by atoms with E-state index in [1.165, 1.54) is 0 Å². The number of hydrogen-bond donors (Lipinski definition) is 3. The van der Waals surface area contributed by atoms with Crippen LogP contribution in [0.15, 0.2) is 18.2 Å². The molecule has 1 aromatic carbocycles. The van der Waals surface area contributed by atoms with Gasteiger partial charge in [0.1, 0.15) is 0 Å². The molecule has 1 aliphatic rings. The van der Waals surface area contributed by atoms with Crippen LogP contribution in [0.2, 0.25) is 5.02 Å². The summed E-state index contributed by atoms with van der Waals surface area (Å²) in [6.07, 6.45) is 2.49. The summed E-state index contributed by atoms with van der Waals surface area (Å²) < 4.78 is 0. The lowest BCUT2D eigenvalue weighted by Crippen LogP contribution is -2.39. The highest BCUT2D eigenvalue weighted by molar-refractivity contribution is 6.31. The van der Waals surface area contributed by atoms with Gasteiger partial charge in [-0.25, -0.2) is 4.79 Å². The van der Waals surface area contributed by atoms with Gasteiger partial charge in [0.15, 0.2) is 0 Å². The normalized spacial score (nSPS) is 18.4. The van der Waals surface area contributed by atoms with E-state index in [9.17, 15) is 4.79 Å². The lowest BCUT2D eigenvalue weighted by atomic mass is 10.1. The summed E-state index contributed by atoms with van der Waals surface area (Å²) in [5, 5.41) is 15.4. The molecule has 0 saturated carbocycles. The van der Waals surface area contributed by atoms with Crippen LogP contribution >= 0.6 is 11.6 Å². The predicted octanol–water partition coefficient (Wildman–Crippen LogP) is 2.65. The maximum atomic E-state index is 11.9. The number of aliphatic hydroxyl groups excluding tert-OH is 1. The van der Waals surface area contributed by atoms with Gasteiger partial charge >= 0.3 is 6.03 Å². The monoisotopic (exact) mass is 296 g/mol. The van der Waals surface area contributed by atoms with Crippen molar-refractivity contribution in [1.82, 2.24) is 10.6 Å². The van der Waals surface area contributed by atoms with Crippen molar-refractivity contribution in [2.45, 2.75) is 32.2 Å². The summed E-state index contributed by atoms with van der Waals surface area (Å²) in [5.74, 6) is 0.274. The third-order valence-corrected chi connectivity index (χ3v) is 4.11. The van der Waals surface area contributed by atoms with E-state index in [0.717, 1.165) is 29.0 Å². The minimum absolute atomic E-state index is 0.0387. The molecular weight excluding hydrogens is 276 g/mol. The molecule has 0 aromatic heterocycles. The minimum atomic E-state index is -0.160. The quantitative estimate of drug-likeness (QED) is 0.782. The Labute approximate surface area is 124 Å². The molecule has 2 rings (SSSR count). The van der Waals surface area contributed by atoms with Crippen molar-refractivity contribution < 1.29 is 9.90 Å².